The standard InChI is InChI=1S/C15H20N2O/c1-12(14-6-7-14)17(2)8-9-18-15-5-3-4-13(10-15)11-16/h3-5,10,12,14H,6-9H2,1-2H3. The molecule has 1 aliphatic carbocycles. The van der Waals surface area contributed by atoms with Crippen LogP contribution < -0.4 is 4.74 Å². The zero-order valence-electron chi connectivity index (χ0n) is 11.1. The zero-order chi connectivity index (χ0) is 13.0. The molecular weight excluding hydrogens is 224 g/mol. The van der Waals surface area contributed by atoms with Crippen LogP contribution >= 0.6 is 0 Å². The minimum absolute atomic E-state index is 0.646. The molecule has 0 saturated heterocycles. The largest absolute Gasteiger partial charge is 0.492 e. The van der Waals surface area contributed by atoms with E-state index in [1.165, 1.54) is 12.8 Å². The molecule has 1 aliphatic rings. The highest BCUT2D eigenvalue weighted by molar-refractivity contribution is 5.36. The molecule has 0 spiro atoms. The third kappa shape index (κ3) is 3.48. The van der Waals surface area contributed by atoms with Crippen molar-refractivity contribution in [2.75, 3.05) is 20.2 Å². The number of nitriles is 1. The van der Waals surface area contributed by atoms with Gasteiger partial charge in [-0.2, -0.15) is 5.26 Å². The lowest BCUT2D eigenvalue weighted by molar-refractivity contribution is 0.186. The van der Waals surface area contributed by atoms with Gasteiger partial charge < -0.3 is 9.64 Å². The molecule has 3 nitrogen and oxygen atoms in total. The number of ether oxygens (including phenoxy) is 1. The molecule has 0 aliphatic heterocycles. The first-order valence-electron chi connectivity index (χ1n) is 6.54. The topological polar surface area (TPSA) is 36.3 Å². The Morgan fingerprint density at radius 3 is 2.94 bits per heavy atom. The lowest BCUT2D eigenvalue weighted by Crippen LogP contribution is -2.34. The van der Waals surface area contributed by atoms with Crippen LogP contribution in [0.2, 0.25) is 0 Å². The second-order valence-electron chi connectivity index (χ2n) is 5.05. The molecule has 96 valence electrons. The van der Waals surface area contributed by atoms with Gasteiger partial charge in [-0.25, -0.2) is 0 Å². The van der Waals surface area contributed by atoms with Gasteiger partial charge in [0.2, 0.25) is 0 Å². The molecule has 1 aromatic rings. The Bertz CT molecular complexity index is 434. The third-order valence-corrected chi connectivity index (χ3v) is 3.68. The second-order valence-corrected chi connectivity index (χ2v) is 5.05. The van der Waals surface area contributed by atoms with Crippen LogP contribution in [0.15, 0.2) is 24.3 Å². The fourth-order valence-corrected chi connectivity index (χ4v) is 2.11. The number of likely N-dealkylation sites (N-methyl/N-ethyl adjacent to an activating group) is 1. The monoisotopic (exact) mass is 244 g/mol. The Hall–Kier alpha value is -1.53. The van der Waals surface area contributed by atoms with Gasteiger partial charge in [0.25, 0.3) is 0 Å². The number of nitrogens with zero attached hydrogens (tertiary/aromatic N) is 2. The van der Waals surface area contributed by atoms with E-state index in [9.17, 15) is 0 Å². The molecule has 0 bridgehead atoms. The molecular formula is C15H20N2O. The molecule has 3 heteroatoms. The maximum atomic E-state index is 8.80. The zero-order valence-corrected chi connectivity index (χ0v) is 11.1. The molecule has 1 atom stereocenters. The Balaban J connectivity index is 1.75. The summed E-state index contributed by atoms with van der Waals surface area (Å²) >= 11 is 0. The van der Waals surface area contributed by atoms with Gasteiger partial charge in [-0.05, 0) is 50.9 Å². The van der Waals surface area contributed by atoms with Crippen molar-refractivity contribution in [2.24, 2.45) is 5.92 Å². The van der Waals surface area contributed by atoms with E-state index >= 15 is 0 Å². The van der Waals surface area contributed by atoms with Crippen molar-refractivity contribution in [2.45, 2.75) is 25.8 Å². The molecule has 0 radical (unpaired) electrons. The summed E-state index contributed by atoms with van der Waals surface area (Å²) < 4.78 is 5.68. The fraction of sp³-hybridized carbons (Fsp3) is 0.533. The minimum atomic E-state index is 0.646. The molecule has 0 aromatic heterocycles. The first kappa shape index (κ1) is 12.9. The van der Waals surface area contributed by atoms with Crippen molar-refractivity contribution in [3.63, 3.8) is 0 Å². The number of benzene rings is 1. The summed E-state index contributed by atoms with van der Waals surface area (Å²) in [5.41, 5.74) is 0.646. The van der Waals surface area contributed by atoms with Gasteiger partial charge >= 0.3 is 0 Å². The minimum Gasteiger partial charge on any atom is -0.492 e. The summed E-state index contributed by atoms with van der Waals surface area (Å²) in [6, 6.07) is 10.1. The molecule has 0 heterocycles. The number of rotatable bonds is 6. The summed E-state index contributed by atoms with van der Waals surface area (Å²) in [7, 11) is 2.15. The maximum Gasteiger partial charge on any atom is 0.120 e. The van der Waals surface area contributed by atoms with Crippen LogP contribution in [0.4, 0.5) is 0 Å². The quantitative estimate of drug-likeness (QED) is 0.772. The molecule has 0 N–H and O–H groups in total. The van der Waals surface area contributed by atoms with E-state index in [0.29, 0.717) is 18.2 Å². The van der Waals surface area contributed by atoms with E-state index in [1.807, 2.05) is 12.1 Å². The molecule has 0 amide bonds. The van der Waals surface area contributed by atoms with E-state index in [2.05, 4.69) is 24.9 Å². The van der Waals surface area contributed by atoms with Crippen LogP contribution in [-0.4, -0.2) is 31.1 Å². The number of hydrogen-bond donors (Lipinski definition) is 0. The molecule has 1 unspecified atom stereocenters. The molecule has 1 aromatic carbocycles. The van der Waals surface area contributed by atoms with E-state index < -0.39 is 0 Å². The van der Waals surface area contributed by atoms with Crippen molar-refractivity contribution in [3.05, 3.63) is 29.8 Å². The highest BCUT2D eigenvalue weighted by atomic mass is 16.5. The molecule has 1 saturated carbocycles. The number of hydrogen-bond acceptors (Lipinski definition) is 3. The van der Waals surface area contributed by atoms with Crippen molar-refractivity contribution in [3.8, 4) is 11.8 Å². The van der Waals surface area contributed by atoms with Crippen LogP contribution in [0.5, 0.6) is 5.75 Å². The van der Waals surface area contributed by atoms with Gasteiger partial charge in [0, 0.05) is 12.6 Å². The van der Waals surface area contributed by atoms with Gasteiger partial charge in [0.05, 0.1) is 11.6 Å². The SMILES string of the molecule is CC(C1CC1)N(C)CCOc1cccc(C#N)c1. The molecule has 2 rings (SSSR count). The summed E-state index contributed by atoms with van der Waals surface area (Å²) in [5.74, 6) is 1.67. The van der Waals surface area contributed by atoms with Crippen molar-refractivity contribution in [1.29, 1.82) is 5.26 Å². The predicted octanol–water partition coefficient (Wildman–Crippen LogP) is 2.67. The Morgan fingerprint density at radius 1 is 1.50 bits per heavy atom. The smallest absolute Gasteiger partial charge is 0.120 e. The average molecular weight is 244 g/mol. The molecule has 1 fully saturated rings. The van der Waals surface area contributed by atoms with Gasteiger partial charge in [-0.3, -0.25) is 0 Å². The Morgan fingerprint density at radius 2 is 2.28 bits per heavy atom. The van der Waals surface area contributed by atoms with Crippen LogP contribution in [-0.2, 0) is 0 Å². The van der Waals surface area contributed by atoms with Gasteiger partial charge in [0.1, 0.15) is 12.4 Å². The van der Waals surface area contributed by atoms with E-state index in [0.717, 1.165) is 18.2 Å². The lowest BCUT2D eigenvalue weighted by Gasteiger charge is -2.24. The molecule has 18 heavy (non-hydrogen) atoms. The Labute approximate surface area is 109 Å². The normalized spacial score (nSPS) is 16.3. The van der Waals surface area contributed by atoms with Crippen molar-refractivity contribution < 1.29 is 4.74 Å². The van der Waals surface area contributed by atoms with Crippen LogP contribution in [0, 0.1) is 17.2 Å². The summed E-state index contributed by atoms with van der Waals surface area (Å²) in [4.78, 5) is 2.35. The summed E-state index contributed by atoms with van der Waals surface area (Å²) in [6.07, 6.45) is 2.74. The van der Waals surface area contributed by atoms with Crippen LogP contribution in [0.25, 0.3) is 0 Å². The second kappa shape index (κ2) is 5.88. The third-order valence-electron chi connectivity index (χ3n) is 3.68. The Kier molecular flexibility index (Phi) is 4.22. The first-order chi connectivity index (χ1) is 8.70. The predicted molar refractivity (Wildman–Crippen MR) is 71.5 cm³/mol. The summed E-state index contributed by atoms with van der Waals surface area (Å²) in [6.45, 7) is 3.88. The van der Waals surface area contributed by atoms with E-state index in [-0.39, 0.29) is 0 Å². The highest BCUT2D eigenvalue weighted by Crippen LogP contribution is 2.34. The summed E-state index contributed by atoms with van der Waals surface area (Å²) in [5, 5.41) is 8.80. The highest BCUT2D eigenvalue weighted by Gasteiger charge is 2.30. The van der Waals surface area contributed by atoms with Crippen LogP contribution in [0.1, 0.15) is 25.3 Å². The van der Waals surface area contributed by atoms with Gasteiger partial charge in [-0.1, -0.05) is 6.07 Å². The van der Waals surface area contributed by atoms with E-state index in [1.54, 1.807) is 12.1 Å². The lowest BCUT2D eigenvalue weighted by atomic mass is 10.2. The van der Waals surface area contributed by atoms with Crippen molar-refractivity contribution >= 4 is 0 Å². The van der Waals surface area contributed by atoms with Gasteiger partial charge in [0.15, 0.2) is 0 Å². The average Bonchev–Trinajstić information content (AvgIpc) is 3.22. The fourth-order valence-electron chi connectivity index (χ4n) is 2.11. The first-order valence-corrected chi connectivity index (χ1v) is 6.54. The van der Waals surface area contributed by atoms with Gasteiger partial charge in [-0.15, -0.1) is 0 Å². The van der Waals surface area contributed by atoms with Crippen molar-refractivity contribution in [1.82, 2.24) is 4.90 Å². The van der Waals surface area contributed by atoms with Crippen LogP contribution in [0.3, 0.4) is 0 Å². The van der Waals surface area contributed by atoms with E-state index in [4.69, 9.17) is 10.00 Å². The maximum absolute atomic E-state index is 8.80.